The van der Waals surface area contributed by atoms with Crippen LogP contribution in [0.2, 0.25) is 5.02 Å². The predicted octanol–water partition coefficient (Wildman–Crippen LogP) is 2.15. The number of benzene rings is 1. The molecule has 0 saturated heterocycles. The third-order valence-corrected chi connectivity index (χ3v) is 3.11. The van der Waals surface area contributed by atoms with Gasteiger partial charge in [-0.2, -0.15) is 0 Å². The summed E-state index contributed by atoms with van der Waals surface area (Å²) < 4.78 is 6.75. The lowest BCUT2D eigenvalue weighted by molar-refractivity contribution is 0.184. The van der Waals surface area contributed by atoms with E-state index in [2.05, 4.69) is 27.8 Å². The first kappa shape index (κ1) is 13.8. The molecule has 2 aromatic rings. The second-order valence-electron chi connectivity index (χ2n) is 4.12. The standard InChI is InChI=1S/C12H16ClN5O/c1-3-9(7-19-2)15-12-6-10(4-5-11(12)13)18-8-14-16-17-18/h4-6,8-9,15H,3,7H2,1-2H3. The Hall–Kier alpha value is -1.66. The van der Waals surface area contributed by atoms with Crippen molar-refractivity contribution in [1.29, 1.82) is 0 Å². The van der Waals surface area contributed by atoms with Crippen LogP contribution in [0.3, 0.4) is 0 Å². The van der Waals surface area contributed by atoms with Crippen molar-refractivity contribution in [2.75, 3.05) is 19.0 Å². The van der Waals surface area contributed by atoms with Crippen LogP contribution in [0.5, 0.6) is 0 Å². The zero-order chi connectivity index (χ0) is 13.7. The first-order valence-corrected chi connectivity index (χ1v) is 6.40. The number of methoxy groups -OCH3 is 1. The van der Waals surface area contributed by atoms with E-state index in [0.29, 0.717) is 11.6 Å². The van der Waals surface area contributed by atoms with Crippen molar-refractivity contribution >= 4 is 17.3 Å². The molecule has 1 aromatic carbocycles. The van der Waals surface area contributed by atoms with Crippen molar-refractivity contribution in [3.05, 3.63) is 29.5 Å². The predicted molar refractivity (Wildman–Crippen MR) is 73.7 cm³/mol. The summed E-state index contributed by atoms with van der Waals surface area (Å²) in [5, 5.41) is 15.1. The number of anilines is 1. The summed E-state index contributed by atoms with van der Waals surface area (Å²) in [4.78, 5) is 0. The Morgan fingerprint density at radius 2 is 2.32 bits per heavy atom. The monoisotopic (exact) mass is 281 g/mol. The van der Waals surface area contributed by atoms with Gasteiger partial charge in [0.1, 0.15) is 6.33 Å². The summed E-state index contributed by atoms with van der Waals surface area (Å²) in [6.07, 6.45) is 2.48. The number of nitrogens with zero attached hydrogens (tertiary/aromatic N) is 4. The molecule has 102 valence electrons. The molecule has 0 bridgehead atoms. The van der Waals surface area contributed by atoms with Crippen molar-refractivity contribution in [1.82, 2.24) is 20.2 Å². The van der Waals surface area contributed by atoms with Crippen molar-refractivity contribution in [2.24, 2.45) is 0 Å². The van der Waals surface area contributed by atoms with Gasteiger partial charge in [-0.25, -0.2) is 4.68 Å². The summed E-state index contributed by atoms with van der Waals surface area (Å²) in [5.41, 5.74) is 1.70. The molecular formula is C12H16ClN5O. The summed E-state index contributed by atoms with van der Waals surface area (Å²) in [6.45, 7) is 2.72. The van der Waals surface area contributed by atoms with E-state index >= 15 is 0 Å². The third kappa shape index (κ3) is 3.42. The molecule has 2 rings (SSSR count). The molecule has 0 radical (unpaired) electrons. The fourth-order valence-corrected chi connectivity index (χ4v) is 1.90. The minimum atomic E-state index is 0.214. The van der Waals surface area contributed by atoms with Gasteiger partial charge in [-0.1, -0.05) is 18.5 Å². The molecule has 1 heterocycles. The molecule has 19 heavy (non-hydrogen) atoms. The van der Waals surface area contributed by atoms with E-state index in [4.69, 9.17) is 16.3 Å². The Morgan fingerprint density at radius 3 is 2.95 bits per heavy atom. The number of nitrogens with one attached hydrogen (secondary N) is 1. The Morgan fingerprint density at radius 1 is 1.47 bits per heavy atom. The van der Waals surface area contributed by atoms with Crippen molar-refractivity contribution < 1.29 is 4.74 Å². The Labute approximate surface area is 116 Å². The Bertz CT molecular complexity index is 517. The maximum Gasteiger partial charge on any atom is 0.143 e. The zero-order valence-electron chi connectivity index (χ0n) is 10.9. The van der Waals surface area contributed by atoms with Crippen LogP contribution in [0.15, 0.2) is 24.5 Å². The Balaban J connectivity index is 2.22. The van der Waals surface area contributed by atoms with Crippen LogP contribution in [-0.2, 0) is 4.74 Å². The van der Waals surface area contributed by atoms with Crippen LogP contribution in [0.1, 0.15) is 13.3 Å². The quantitative estimate of drug-likeness (QED) is 0.879. The van der Waals surface area contributed by atoms with E-state index in [1.807, 2.05) is 18.2 Å². The van der Waals surface area contributed by atoms with E-state index in [-0.39, 0.29) is 6.04 Å². The number of hydrogen-bond acceptors (Lipinski definition) is 5. The lowest BCUT2D eigenvalue weighted by Crippen LogP contribution is -2.24. The van der Waals surface area contributed by atoms with Crippen LogP contribution in [0.25, 0.3) is 5.69 Å². The summed E-state index contributed by atoms with van der Waals surface area (Å²) in [7, 11) is 1.68. The topological polar surface area (TPSA) is 64.9 Å². The van der Waals surface area contributed by atoms with Gasteiger partial charge in [0.25, 0.3) is 0 Å². The molecule has 7 heteroatoms. The molecule has 0 fully saturated rings. The lowest BCUT2D eigenvalue weighted by atomic mass is 10.2. The molecule has 0 amide bonds. The molecule has 0 saturated carbocycles. The number of hydrogen-bond donors (Lipinski definition) is 1. The number of rotatable bonds is 6. The van der Waals surface area contributed by atoms with Crippen LogP contribution in [0.4, 0.5) is 5.69 Å². The fourth-order valence-electron chi connectivity index (χ4n) is 1.73. The van der Waals surface area contributed by atoms with Gasteiger partial charge < -0.3 is 10.1 Å². The van der Waals surface area contributed by atoms with E-state index in [1.165, 1.54) is 0 Å². The summed E-state index contributed by atoms with van der Waals surface area (Å²) in [5.74, 6) is 0. The van der Waals surface area contributed by atoms with E-state index in [0.717, 1.165) is 17.8 Å². The van der Waals surface area contributed by atoms with Gasteiger partial charge in [0, 0.05) is 13.2 Å². The minimum Gasteiger partial charge on any atom is -0.383 e. The second kappa shape index (κ2) is 6.49. The lowest BCUT2D eigenvalue weighted by Gasteiger charge is -2.18. The van der Waals surface area contributed by atoms with E-state index < -0.39 is 0 Å². The molecule has 1 unspecified atom stereocenters. The maximum absolute atomic E-state index is 6.19. The number of aromatic nitrogens is 4. The first-order chi connectivity index (χ1) is 9.24. The maximum atomic E-state index is 6.19. The van der Waals surface area contributed by atoms with Gasteiger partial charge in [-0.3, -0.25) is 0 Å². The molecule has 0 aliphatic carbocycles. The summed E-state index contributed by atoms with van der Waals surface area (Å²) in [6, 6.07) is 5.81. The molecule has 1 aromatic heterocycles. The molecule has 6 nitrogen and oxygen atoms in total. The van der Waals surface area contributed by atoms with Crippen LogP contribution < -0.4 is 5.32 Å². The van der Waals surface area contributed by atoms with Gasteiger partial charge in [0.15, 0.2) is 0 Å². The van der Waals surface area contributed by atoms with Gasteiger partial charge in [-0.15, -0.1) is 5.10 Å². The first-order valence-electron chi connectivity index (χ1n) is 6.03. The van der Waals surface area contributed by atoms with Crippen LogP contribution >= 0.6 is 11.6 Å². The second-order valence-corrected chi connectivity index (χ2v) is 4.53. The summed E-state index contributed by atoms with van der Waals surface area (Å²) >= 11 is 6.19. The van der Waals surface area contributed by atoms with Crippen LogP contribution in [-0.4, -0.2) is 40.0 Å². The highest BCUT2D eigenvalue weighted by Gasteiger charge is 2.10. The fraction of sp³-hybridized carbons (Fsp3) is 0.417. The number of tetrazole rings is 1. The average Bonchev–Trinajstić information content (AvgIpc) is 2.94. The highest BCUT2D eigenvalue weighted by atomic mass is 35.5. The molecule has 0 aliphatic heterocycles. The SMILES string of the molecule is CCC(COC)Nc1cc(-n2cnnn2)ccc1Cl. The van der Waals surface area contributed by atoms with Gasteiger partial charge >= 0.3 is 0 Å². The van der Waals surface area contributed by atoms with Crippen molar-refractivity contribution in [3.8, 4) is 5.69 Å². The molecule has 1 N–H and O–H groups in total. The van der Waals surface area contributed by atoms with Crippen molar-refractivity contribution in [2.45, 2.75) is 19.4 Å². The van der Waals surface area contributed by atoms with Gasteiger partial charge in [0.05, 0.1) is 23.0 Å². The van der Waals surface area contributed by atoms with Gasteiger partial charge in [-0.05, 0) is 35.0 Å². The molecular weight excluding hydrogens is 266 g/mol. The molecule has 0 spiro atoms. The third-order valence-electron chi connectivity index (χ3n) is 2.78. The highest BCUT2D eigenvalue weighted by molar-refractivity contribution is 6.33. The normalized spacial score (nSPS) is 12.4. The smallest absolute Gasteiger partial charge is 0.143 e. The molecule has 0 aliphatic rings. The highest BCUT2D eigenvalue weighted by Crippen LogP contribution is 2.25. The largest absolute Gasteiger partial charge is 0.383 e. The number of ether oxygens (including phenoxy) is 1. The van der Waals surface area contributed by atoms with E-state index in [1.54, 1.807) is 18.1 Å². The van der Waals surface area contributed by atoms with Gasteiger partial charge in [0.2, 0.25) is 0 Å². The van der Waals surface area contributed by atoms with Crippen molar-refractivity contribution in [3.63, 3.8) is 0 Å². The van der Waals surface area contributed by atoms with Crippen LogP contribution in [0, 0.1) is 0 Å². The zero-order valence-corrected chi connectivity index (χ0v) is 11.6. The van der Waals surface area contributed by atoms with E-state index in [9.17, 15) is 0 Å². The minimum absolute atomic E-state index is 0.214. The average molecular weight is 282 g/mol. The Kier molecular flexibility index (Phi) is 4.70. The molecule has 1 atom stereocenters. The number of halogens is 1.